The highest BCUT2D eigenvalue weighted by atomic mass is 16.5. The minimum atomic E-state index is -0.626. The molecule has 1 rings (SSSR count). The molecule has 0 aromatic heterocycles. The van der Waals surface area contributed by atoms with Gasteiger partial charge >= 0.3 is 0 Å². The second kappa shape index (κ2) is 8.82. The van der Waals surface area contributed by atoms with Crippen molar-refractivity contribution in [3.63, 3.8) is 0 Å². The number of hydrogen-bond acceptors (Lipinski definition) is 4. The van der Waals surface area contributed by atoms with E-state index in [2.05, 4.69) is 17.2 Å². The zero-order chi connectivity index (χ0) is 17.4. The number of hydrogen-bond donors (Lipinski definition) is 2. The third-order valence-corrected chi connectivity index (χ3v) is 3.27. The second-order valence-electron chi connectivity index (χ2n) is 4.95. The van der Waals surface area contributed by atoms with Crippen molar-refractivity contribution in [1.29, 1.82) is 0 Å². The Hall–Kier alpha value is -2.50. The molecule has 0 spiro atoms. The molecular weight excluding hydrogens is 296 g/mol. The monoisotopic (exact) mass is 320 g/mol. The first-order chi connectivity index (χ1) is 11.0. The van der Waals surface area contributed by atoms with Gasteiger partial charge in [0.15, 0.2) is 11.5 Å². The molecule has 0 saturated heterocycles. The Kier molecular flexibility index (Phi) is 7.12. The third kappa shape index (κ3) is 4.74. The van der Waals surface area contributed by atoms with Crippen LogP contribution in [0.3, 0.4) is 0 Å². The van der Waals surface area contributed by atoms with Gasteiger partial charge in [0, 0.05) is 17.7 Å². The molecule has 0 bridgehead atoms. The Morgan fingerprint density at radius 1 is 1.30 bits per heavy atom. The Balaban J connectivity index is 3.07. The minimum Gasteiger partial charge on any atom is -0.493 e. The predicted molar refractivity (Wildman–Crippen MR) is 89.1 cm³/mol. The first kappa shape index (κ1) is 18.5. The Labute approximate surface area is 136 Å². The lowest BCUT2D eigenvalue weighted by Crippen LogP contribution is -2.44. The molecule has 0 heterocycles. The molecule has 1 aromatic carbocycles. The van der Waals surface area contributed by atoms with Gasteiger partial charge in [-0.1, -0.05) is 6.08 Å². The predicted octanol–water partition coefficient (Wildman–Crippen LogP) is 1.69. The number of carbonyl (C=O) groups is 2. The SMILES string of the molecule is C=CCc1cc(C(=O)N[C@@H](C)C(=O)NCC)cc(OC)c1OC. The van der Waals surface area contributed by atoms with Crippen LogP contribution < -0.4 is 20.1 Å². The fourth-order valence-electron chi connectivity index (χ4n) is 2.15. The maximum Gasteiger partial charge on any atom is 0.252 e. The lowest BCUT2D eigenvalue weighted by atomic mass is 10.0. The topological polar surface area (TPSA) is 76.7 Å². The van der Waals surface area contributed by atoms with E-state index in [-0.39, 0.29) is 11.8 Å². The van der Waals surface area contributed by atoms with Gasteiger partial charge in [-0.2, -0.15) is 0 Å². The van der Waals surface area contributed by atoms with Crippen molar-refractivity contribution in [3.8, 4) is 11.5 Å². The molecule has 0 aliphatic rings. The molecule has 126 valence electrons. The number of allylic oxidation sites excluding steroid dienone is 1. The smallest absolute Gasteiger partial charge is 0.252 e. The van der Waals surface area contributed by atoms with Gasteiger partial charge in [-0.3, -0.25) is 9.59 Å². The number of rotatable bonds is 8. The van der Waals surface area contributed by atoms with Gasteiger partial charge in [-0.25, -0.2) is 0 Å². The largest absolute Gasteiger partial charge is 0.493 e. The number of amides is 2. The van der Waals surface area contributed by atoms with E-state index >= 15 is 0 Å². The molecule has 1 atom stereocenters. The number of nitrogens with one attached hydrogen (secondary N) is 2. The van der Waals surface area contributed by atoms with Crippen LogP contribution in [-0.4, -0.2) is 38.6 Å². The summed E-state index contributed by atoms with van der Waals surface area (Å²) in [6.07, 6.45) is 2.25. The summed E-state index contributed by atoms with van der Waals surface area (Å²) in [4.78, 5) is 24.1. The first-order valence-electron chi connectivity index (χ1n) is 7.42. The fourth-order valence-corrected chi connectivity index (χ4v) is 2.15. The van der Waals surface area contributed by atoms with Gasteiger partial charge in [0.05, 0.1) is 14.2 Å². The van der Waals surface area contributed by atoms with Crippen molar-refractivity contribution in [2.45, 2.75) is 26.3 Å². The van der Waals surface area contributed by atoms with Gasteiger partial charge in [-0.05, 0) is 32.4 Å². The molecule has 6 heteroatoms. The average Bonchev–Trinajstić information content (AvgIpc) is 2.54. The van der Waals surface area contributed by atoms with E-state index in [0.29, 0.717) is 30.0 Å². The molecule has 1 aromatic rings. The summed E-state index contributed by atoms with van der Waals surface area (Å²) in [5, 5.41) is 5.33. The van der Waals surface area contributed by atoms with Crippen LogP contribution in [0.1, 0.15) is 29.8 Å². The third-order valence-electron chi connectivity index (χ3n) is 3.27. The van der Waals surface area contributed by atoms with E-state index in [1.807, 2.05) is 6.92 Å². The van der Waals surface area contributed by atoms with Gasteiger partial charge in [0.25, 0.3) is 5.91 Å². The summed E-state index contributed by atoms with van der Waals surface area (Å²) in [6.45, 7) is 7.67. The van der Waals surface area contributed by atoms with Gasteiger partial charge in [0.1, 0.15) is 6.04 Å². The molecule has 2 amide bonds. The van der Waals surface area contributed by atoms with Crippen molar-refractivity contribution in [2.24, 2.45) is 0 Å². The lowest BCUT2D eigenvalue weighted by Gasteiger charge is -2.16. The van der Waals surface area contributed by atoms with Crippen LogP contribution in [-0.2, 0) is 11.2 Å². The van der Waals surface area contributed by atoms with Crippen LogP contribution in [0.15, 0.2) is 24.8 Å². The summed E-state index contributed by atoms with van der Waals surface area (Å²) in [5.74, 6) is 0.450. The summed E-state index contributed by atoms with van der Waals surface area (Å²) in [5.41, 5.74) is 1.19. The van der Waals surface area contributed by atoms with Crippen molar-refractivity contribution in [2.75, 3.05) is 20.8 Å². The number of methoxy groups -OCH3 is 2. The maximum atomic E-state index is 12.4. The van der Waals surface area contributed by atoms with Crippen molar-refractivity contribution < 1.29 is 19.1 Å². The molecule has 0 saturated carbocycles. The van der Waals surface area contributed by atoms with E-state index in [1.165, 1.54) is 7.11 Å². The highest BCUT2D eigenvalue weighted by Gasteiger charge is 2.19. The van der Waals surface area contributed by atoms with Gasteiger partial charge in [0.2, 0.25) is 5.91 Å². The van der Waals surface area contributed by atoms with E-state index in [1.54, 1.807) is 32.2 Å². The number of likely N-dealkylation sites (N-methyl/N-ethyl adjacent to an activating group) is 1. The fraction of sp³-hybridized carbons (Fsp3) is 0.412. The van der Waals surface area contributed by atoms with E-state index < -0.39 is 6.04 Å². The van der Waals surface area contributed by atoms with Crippen molar-refractivity contribution >= 4 is 11.8 Å². The molecule has 2 N–H and O–H groups in total. The number of benzene rings is 1. The van der Waals surface area contributed by atoms with Gasteiger partial charge in [-0.15, -0.1) is 6.58 Å². The van der Waals surface area contributed by atoms with Crippen LogP contribution in [0.5, 0.6) is 11.5 Å². The second-order valence-corrected chi connectivity index (χ2v) is 4.95. The van der Waals surface area contributed by atoms with Gasteiger partial charge < -0.3 is 20.1 Å². The van der Waals surface area contributed by atoms with Crippen LogP contribution in [0, 0.1) is 0 Å². The highest BCUT2D eigenvalue weighted by Crippen LogP contribution is 2.33. The molecule has 0 fully saturated rings. The average molecular weight is 320 g/mol. The minimum absolute atomic E-state index is 0.229. The summed E-state index contributed by atoms with van der Waals surface area (Å²) in [6, 6.07) is 2.67. The summed E-state index contributed by atoms with van der Waals surface area (Å²) in [7, 11) is 3.05. The molecule has 0 radical (unpaired) electrons. The molecule has 23 heavy (non-hydrogen) atoms. The Morgan fingerprint density at radius 3 is 2.52 bits per heavy atom. The van der Waals surface area contributed by atoms with Crippen molar-refractivity contribution in [3.05, 3.63) is 35.9 Å². The summed E-state index contributed by atoms with van der Waals surface area (Å²) < 4.78 is 10.6. The van der Waals surface area contributed by atoms with E-state index in [4.69, 9.17) is 9.47 Å². The highest BCUT2D eigenvalue weighted by molar-refractivity contribution is 5.98. The molecule has 0 aliphatic heterocycles. The molecule has 0 aliphatic carbocycles. The van der Waals surface area contributed by atoms with Crippen LogP contribution in [0.2, 0.25) is 0 Å². The lowest BCUT2D eigenvalue weighted by molar-refractivity contribution is -0.122. The van der Waals surface area contributed by atoms with Crippen LogP contribution in [0.4, 0.5) is 0 Å². The van der Waals surface area contributed by atoms with Crippen molar-refractivity contribution in [1.82, 2.24) is 10.6 Å². The number of ether oxygens (including phenoxy) is 2. The number of carbonyl (C=O) groups excluding carboxylic acids is 2. The summed E-state index contributed by atoms with van der Waals surface area (Å²) >= 11 is 0. The normalized spacial score (nSPS) is 11.3. The zero-order valence-corrected chi connectivity index (χ0v) is 14.1. The van der Waals surface area contributed by atoms with Crippen LogP contribution in [0.25, 0.3) is 0 Å². The maximum absolute atomic E-state index is 12.4. The Morgan fingerprint density at radius 2 is 2.00 bits per heavy atom. The molecular formula is C17H24N2O4. The Bertz CT molecular complexity index is 584. The zero-order valence-electron chi connectivity index (χ0n) is 14.1. The first-order valence-corrected chi connectivity index (χ1v) is 7.42. The molecule has 6 nitrogen and oxygen atoms in total. The van der Waals surface area contributed by atoms with E-state index in [0.717, 1.165) is 5.56 Å². The standard InChI is InChI=1S/C17H24N2O4/c1-6-8-12-9-13(10-14(22-4)15(12)23-5)17(21)19-11(3)16(20)18-7-2/h6,9-11H,1,7-8H2,2-5H3,(H,18,20)(H,19,21)/t11-/m0/s1. The van der Waals surface area contributed by atoms with Crippen LogP contribution >= 0.6 is 0 Å². The molecule has 0 unspecified atom stereocenters. The quantitative estimate of drug-likeness (QED) is 0.715. The van der Waals surface area contributed by atoms with E-state index in [9.17, 15) is 9.59 Å².